The molecule has 0 heterocycles. The molecular weight excluding hydrogens is 124 g/mol. The third kappa shape index (κ3) is 5.11. The van der Waals surface area contributed by atoms with Crippen LogP contribution in [0.5, 0.6) is 0 Å². The van der Waals surface area contributed by atoms with E-state index in [1.807, 2.05) is 13.0 Å². The lowest BCUT2D eigenvalue weighted by Crippen LogP contribution is -1.97. The highest BCUT2D eigenvalue weighted by atomic mass is 16.1. The van der Waals surface area contributed by atoms with E-state index in [1.54, 1.807) is 13.0 Å². The number of carbonyl (C=O) groups is 1. The van der Waals surface area contributed by atoms with Crippen molar-refractivity contribution >= 4 is 5.78 Å². The van der Waals surface area contributed by atoms with Crippen molar-refractivity contribution in [2.24, 2.45) is 5.92 Å². The molecule has 0 aromatic carbocycles. The van der Waals surface area contributed by atoms with Gasteiger partial charge in [-0.05, 0) is 18.9 Å². The lowest BCUT2D eigenvalue weighted by atomic mass is 10.1. The van der Waals surface area contributed by atoms with Gasteiger partial charge in [-0.2, -0.15) is 0 Å². The highest BCUT2D eigenvalue weighted by Crippen LogP contribution is 2.02. The van der Waals surface area contributed by atoms with Crippen molar-refractivity contribution in [2.45, 2.75) is 20.3 Å². The summed E-state index contributed by atoms with van der Waals surface area (Å²) < 4.78 is 0. The minimum Gasteiger partial charge on any atom is -0.300 e. The molecule has 0 saturated carbocycles. The number of hydrogen-bond acceptors (Lipinski definition) is 1. The Balaban J connectivity index is 3.66. The fourth-order valence-electron chi connectivity index (χ4n) is 0.741. The molecule has 0 N–H and O–H groups in total. The van der Waals surface area contributed by atoms with Crippen LogP contribution in [0.4, 0.5) is 0 Å². The molecule has 10 heavy (non-hydrogen) atoms. The Morgan fingerprint density at radius 3 is 2.80 bits per heavy atom. The van der Waals surface area contributed by atoms with Gasteiger partial charge < -0.3 is 4.79 Å². The summed E-state index contributed by atoms with van der Waals surface area (Å²) in [5.41, 5.74) is 0. The highest BCUT2D eigenvalue weighted by molar-refractivity contribution is 5.75. The summed E-state index contributed by atoms with van der Waals surface area (Å²) in [6.07, 6.45) is 9.06. The van der Waals surface area contributed by atoms with E-state index < -0.39 is 0 Å². The lowest BCUT2D eigenvalue weighted by Gasteiger charge is -1.99. The zero-order valence-electron chi connectivity index (χ0n) is 6.42. The zero-order valence-corrected chi connectivity index (χ0v) is 6.42. The minimum absolute atomic E-state index is 0.203. The predicted molar refractivity (Wildman–Crippen MR) is 42.4 cm³/mol. The maximum absolute atomic E-state index is 10.5. The molecule has 0 aliphatic heterocycles. The maximum atomic E-state index is 10.5. The van der Waals surface area contributed by atoms with Gasteiger partial charge in [-0.3, -0.25) is 0 Å². The van der Waals surface area contributed by atoms with Crippen molar-refractivity contribution < 1.29 is 4.79 Å². The first-order valence-corrected chi connectivity index (χ1v) is 3.29. The predicted octanol–water partition coefficient (Wildman–Crippen LogP) is 1.79. The van der Waals surface area contributed by atoms with Crippen LogP contribution in [0.2, 0.25) is 0 Å². The first-order valence-electron chi connectivity index (χ1n) is 3.29. The summed E-state index contributed by atoms with van der Waals surface area (Å²) in [6.45, 7) is 3.55. The van der Waals surface area contributed by atoms with Crippen molar-refractivity contribution in [1.82, 2.24) is 0 Å². The van der Waals surface area contributed by atoms with Crippen molar-refractivity contribution in [1.29, 1.82) is 0 Å². The van der Waals surface area contributed by atoms with E-state index in [0.29, 0.717) is 6.42 Å². The van der Waals surface area contributed by atoms with Crippen molar-refractivity contribution in [3.05, 3.63) is 12.2 Å². The van der Waals surface area contributed by atoms with Gasteiger partial charge in [-0.25, -0.2) is 0 Å². The third-order valence-corrected chi connectivity index (χ3v) is 1.13. The average Bonchev–Trinajstić information content (AvgIpc) is 1.82. The standard InChI is InChI=1S/C9H12O/c1-4-5-6-8(2)7-9(3)10/h1,5-6,8H,7H2,2-3H3. The smallest absolute Gasteiger partial charge is 0.130 e. The van der Waals surface area contributed by atoms with Gasteiger partial charge in [-0.1, -0.05) is 18.9 Å². The molecule has 54 valence electrons. The van der Waals surface area contributed by atoms with E-state index in [0.717, 1.165) is 0 Å². The fourth-order valence-corrected chi connectivity index (χ4v) is 0.741. The second-order valence-electron chi connectivity index (χ2n) is 2.41. The quantitative estimate of drug-likeness (QED) is 0.540. The fraction of sp³-hybridized carbons (Fsp3) is 0.444. The molecule has 1 nitrogen and oxygen atoms in total. The average molecular weight is 136 g/mol. The van der Waals surface area contributed by atoms with Crippen LogP contribution in [0, 0.1) is 18.3 Å². The molecule has 0 radical (unpaired) electrons. The summed E-state index contributed by atoms with van der Waals surface area (Å²) in [6, 6.07) is 0. The van der Waals surface area contributed by atoms with E-state index in [1.165, 1.54) is 0 Å². The van der Waals surface area contributed by atoms with Gasteiger partial charge in [0.1, 0.15) is 5.78 Å². The Morgan fingerprint density at radius 2 is 2.40 bits per heavy atom. The van der Waals surface area contributed by atoms with Crippen molar-refractivity contribution in [2.75, 3.05) is 0 Å². The number of carbonyl (C=O) groups excluding carboxylic acids is 1. The van der Waals surface area contributed by atoms with Gasteiger partial charge in [0.25, 0.3) is 0 Å². The number of rotatable bonds is 3. The van der Waals surface area contributed by atoms with Crippen LogP contribution in [0.25, 0.3) is 0 Å². The number of Topliss-reactive ketones (excluding diaryl/α,β-unsaturated/α-hetero) is 1. The Kier molecular flexibility index (Phi) is 4.32. The molecule has 0 aliphatic carbocycles. The molecule has 0 aliphatic rings. The van der Waals surface area contributed by atoms with Gasteiger partial charge >= 0.3 is 0 Å². The van der Waals surface area contributed by atoms with Crippen LogP contribution in [-0.4, -0.2) is 5.78 Å². The number of terminal acetylenes is 1. The Hall–Kier alpha value is -1.03. The monoisotopic (exact) mass is 136 g/mol. The first kappa shape index (κ1) is 8.97. The van der Waals surface area contributed by atoms with E-state index in [4.69, 9.17) is 6.42 Å². The molecule has 0 bridgehead atoms. The SMILES string of the molecule is C#CC=CC(C)CC(C)=O. The molecule has 0 saturated heterocycles. The Labute approximate surface area is 62.1 Å². The topological polar surface area (TPSA) is 17.1 Å². The second-order valence-corrected chi connectivity index (χ2v) is 2.41. The number of hydrogen-bond donors (Lipinski definition) is 0. The molecule has 0 aromatic heterocycles. The molecule has 0 amide bonds. The summed E-state index contributed by atoms with van der Waals surface area (Å²) >= 11 is 0. The van der Waals surface area contributed by atoms with Crippen LogP contribution < -0.4 is 0 Å². The summed E-state index contributed by atoms with van der Waals surface area (Å²) in [5.74, 6) is 2.85. The summed E-state index contributed by atoms with van der Waals surface area (Å²) in [5, 5.41) is 0. The molecule has 0 aromatic rings. The normalized spacial score (nSPS) is 12.9. The van der Waals surface area contributed by atoms with Crippen LogP contribution >= 0.6 is 0 Å². The zero-order chi connectivity index (χ0) is 7.98. The van der Waals surface area contributed by atoms with E-state index >= 15 is 0 Å². The van der Waals surface area contributed by atoms with E-state index in [2.05, 4.69) is 5.92 Å². The third-order valence-electron chi connectivity index (χ3n) is 1.13. The molecule has 0 fully saturated rings. The van der Waals surface area contributed by atoms with Crippen molar-refractivity contribution in [3.63, 3.8) is 0 Å². The summed E-state index contributed by atoms with van der Waals surface area (Å²) in [4.78, 5) is 10.5. The van der Waals surface area contributed by atoms with E-state index in [-0.39, 0.29) is 11.7 Å². The van der Waals surface area contributed by atoms with Crippen LogP contribution in [0.15, 0.2) is 12.2 Å². The van der Waals surface area contributed by atoms with Gasteiger partial charge in [-0.15, -0.1) is 6.42 Å². The lowest BCUT2D eigenvalue weighted by molar-refractivity contribution is -0.117. The van der Waals surface area contributed by atoms with Gasteiger partial charge in [0.05, 0.1) is 0 Å². The number of allylic oxidation sites excluding steroid dienone is 2. The van der Waals surface area contributed by atoms with Gasteiger partial charge in [0.15, 0.2) is 0 Å². The molecule has 1 atom stereocenters. The molecule has 0 spiro atoms. The van der Waals surface area contributed by atoms with Gasteiger partial charge in [0.2, 0.25) is 0 Å². The van der Waals surface area contributed by atoms with Crippen LogP contribution in [0.1, 0.15) is 20.3 Å². The Bertz CT molecular complexity index is 172. The largest absolute Gasteiger partial charge is 0.300 e. The molecule has 1 unspecified atom stereocenters. The molecule has 1 heteroatoms. The van der Waals surface area contributed by atoms with Gasteiger partial charge in [0, 0.05) is 6.42 Å². The maximum Gasteiger partial charge on any atom is 0.130 e. The second kappa shape index (κ2) is 4.81. The highest BCUT2D eigenvalue weighted by Gasteiger charge is 1.98. The Morgan fingerprint density at radius 1 is 1.80 bits per heavy atom. The van der Waals surface area contributed by atoms with Crippen molar-refractivity contribution in [3.8, 4) is 12.3 Å². The first-order chi connectivity index (χ1) is 4.66. The van der Waals surface area contributed by atoms with Crippen LogP contribution in [0.3, 0.4) is 0 Å². The summed E-state index contributed by atoms with van der Waals surface area (Å²) in [7, 11) is 0. The number of ketones is 1. The molecule has 0 rings (SSSR count). The molecular formula is C9H12O. The minimum atomic E-state index is 0.203. The van der Waals surface area contributed by atoms with Crippen LogP contribution in [-0.2, 0) is 4.79 Å². The van der Waals surface area contributed by atoms with E-state index in [9.17, 15) is 4.79 Å².